The number of nitrogens with zero attached hydrogens (tertiary/aromatic N) is 1. The van der Waals surface area contributed by atoms with Crippen LogP contribution in [0, 0.1) is 0 Å². The van der Waals surface area contributed by atoms with Gasteiger partial charge in [0.25, 0.3) is 0 Å². The van der Waals surface area contributed by atoms with Crippen molar-refractivity contribution >= 4 is 27.5 Å². The molecule has 2 aromatic carbocycles. The van der Waals surface area contributed by atoms with Crippen LogP contribution < -0.4 is 5.32 Å². The lowest BCUT2D eigenvalue weighted by atomic mass is 10.1. The Morgan fingerprint density at radius 3 is 2.33 bits per heavy atom. The molecule has 0 saturated heterocycles. The maximum atomic E-state index is 13.1. The summed E-state index contributed by atoms with van der Waals surface area (Å²) in [5, 5.41) is 3.28. The third-order valence-electron chi connectivity index (χ3n) is 4.28. The van der Waals surface area contributed by atoms with Crippen LogP contribution in [-0.2, 0) is 21.2 Å². The molecule has 1 amide bonds. The fraction of sp³-hybridized carbons (Fsp3) is 0.350. The number of carbonyl (C=O) groups excluding carboxylic acids is 1. The molecule has 1 atom stereocenters. The maximum absolute atomic E-state index is 13.1. The summed E-state index contributed by atoms with van der Waals surface area (Å²) < 4.78 is 27.3. The average Bonchev–Trinajstić information content (AvgIpc) is 2.66. The van der Waals surface area contributed by atoms with Crippen LogP contribution in [0.4, 0.5) is 0 Å². The lowest BCUT2D eigenvalue weighted by molar-refractivity contribution is -0.121. The Hall–Kier alpha value is -1.89. The molecule has 7 heteroatoms. The zero-order valence-corrected chi connectivity index (χ0v) is 17.1. The molecule has 0 aliphatic rings. The summed E-state index contributed by atoms with van der Waals surface area (Å²) in [5.41, 5.74) is 1.01. The normalized spacial score (nSPS) is 12.7. The first-order valence-electron chi connectivity index (χ1n) is 8.92. The number of carbonyl (C=O) groups is 1. The fourth-order valence-corrected chi connectivity index (χ4v) is 4.04. The highest BCUT2D eigenvalue weighted by Gasteiger charge is 2.26. The predicted molar refractivity (Wildman–Crippen MR) is 108 cm³/mol. The molecule has 0 saturated carbocycles. The van der Waals surface area contributed by atoms with E-state index in [2.05, 4.69) is 5.32 Å². The maximum Gasteiger partial charge on any atom is 0.243 e. The highest BCUT2D eigenvalue weighted by Crippen LogP contribution is 2.19. The van der Waals surface area contributed by atoms with Gasteiger partial charge in [-0.15, -0.1) is 0 Å². The molecule has 0 fully saturated rings. The summed E-state index contributed by atoms with van der Waals surface area (Å²) in [4.78, 5) is 12.4. The van der Waals surface area contributed by atoms with Crippen LogP contribution >= 0.6 is 11.6 Å². The van der Waals surface area contributed by atoms with Crippen molar-refractivity contribution in [2.75, 3.05) is 13.1 Å². The van der Waals surface area contributed by atoms with Crippen molar-refractivity contribution in [3.63, 3.8) is 0 Å². The summed E-state index contributed by atoms with van der Waals surface area (Å²) in [5.74, 6) is -0.310. The summed E-state index contributed by atoms with van der Waals surface area (Å²) in [6.07, 6.45) is 1.30. The molecule has 27 heavy (non-hydrogen) atoms. The first-order chi connectivity index (χ1) is 12.8. The SMILES string of the molecule is CCC(C)NC(=O)CN(CCc1ccccc1)S(=O)(=O)c1ccc(Cl)cc1. The van der Waals surface area contributed by atoms with Gasteiger partial charge in [-0.1, -0.05) is 48.9 Å². The highest BCUT2D eigenvalue weighted by molar-refractivity contribution is 7.89. The summed E-state index contributed by atoms with van der Waals surface area (Å²) in [6.45, 7) is 3.84. The van der Waals surface area contributed by atoms with Gasteiger partial charge in [0.2, 0.25) is 15.9 Å². The number of halogens is 1. The number of rotatable bonds is 9. The Labute approximate surface area is 166 Å². The molecule has 2 aromatic rings. The van der Waals surface area contributed by atoms with Gasteiger partial charge < -0.3 is 5.32 Å². The Morgan fingerprint density at radius 2 is 1.74 bits per heavy atom. The second-order valence-corrected chi connectivity index (χ2v) is 8.78. The molecule has 0 aliphatic heterocycles. The van der Waals surface area contributed by atoms with Crippen molar-refractivity contribution in [1.82, 2.24) is 9.62 Å². The van der Waals surface area contributed by atoms with Gasteiger partial charge in [-0.2, -0.15) is 4.31 Å². The van der Waals surface area contributed by atoms with E-state index >= 15 is 0 Å². The van der Waals surface area contributed by atoms with Crippen LogP contribution in [-0.4, -0.2) is 37.8 Å². The van der Waals surface area contributed by atoms with Gasteiger partial charge in [-0.05, 0) is 49.6 Å². The minimum Gasteiger partial charge on any atom is -0.353 e. The van der Waals surface area contributed by atoms with Crippen LogP contribution in [0.25, 0.3) is 0 Å². The van der Waals surface area contributed by atoms with Crippen molar-refractivity contribution < 1.29 is 13.2 Å². The van der Waals surface area contributed by atoms with Gasteiger partial charge >= 0.3 is 0 Å². The molecule has 0 bridgehead atoms. The summed E-state index contributed by atoms with van der Waals surface area (Å²) >= 11 is 5.87. The first kappa shape index (κ1) is 21.4. The Kier molecular flexibility index (Phi) is 7.83. The third kappa shape index (κ3) is 6.34. The predicted octanol–water partition coefficient (Wildman–Crippen LogP) is 3.49. The monoisotopic (exact) mass is 408 g/mol. The van der Waals surface area contributed by atoms with Crippen LogP contribution in [0.3, 0.4) is 0 Å². The van der Waals surface area contributed by atoms with Crippen molar-refractivity contribution in [3.8, 4) is 0 Å². The average molecular weight is 409 g/mol. The van der Waals surface area contributed by atoms with E-state index in [0.717, 1.165) is 12.0 Å². The summed E-state index contributed by atoms with van der Waals surface area (Å²) in [7, 11) is -3.81. The minimum absolute atomic E-state index is 0.00768. The summed E-state index contributed by atoms with van der Waals surface area (Å²) in [6, 6.07) is 15.6. The molecule has 2 rings (SSSR count). The van der Waals surface area contributed by atoms with Gasteiger partial charge in [0.1, 0.15) is 0 Å². The Morgan fingerprint density at radius 1 is 1.11 bits per heavy atom. The second-order valence-electron chi connectivity index (χ2n) is 6.40. The molecule has 0 aliphatic carbocycles. The molecule has 0 radical (unpaired) electrons. The second kappa shape index (κ2) is 9.88. The van der Waals surface area contributed by atoms with Gasteiger partial charge in [0.15, 0.2) is 0 Å². The first-order valence-corrected chi connectivity index (χ1v) is 10.7. The topological polar surface area (TPSA) is 66.5 Å². The third-order valence-corrected chi connectivity index (χ3v) is 6.40. The van der Waals surface area contributed by atoms with E-state index in [-0.39, 0.29) is 29.9 Å². The molecule has 146 valence electrons. The molecule has 1 unspecified atom stereocenters. The van der Waals surface area contributed by atoms with E-state index in [4.69, 9.17) is 11.6 Å². The Bertz CT molecular complexity index is 839. The van der Waals surface area contributed by atoms with E-state index in [9.17, 15) is 13.2 Å². The van der Waals surface area contributed by atoms with Crippen LogP contribution in [0.15, 0.2) is 59.5 Å². The number of amides is 1. The molecular formula is C20H25ClN2O3S. The highest BCUT2D eigenvalue weighted by atomic mass is 35.5. The van der Waals surface area contributed by atoms with Gasteiger partial charge in [-0.25, -0.2) is 8.42 Å². The van der Waals surface area contributed by atoms with Gasteiger partial charge in [0.05, 0.1) is 11.4 Å². The van der Waals surface area contributed by atoms with Crippen molar-refractivity contribution in [2.45, 2.75) is 37.6 Å². The molecule has 0 spiro atoms. The standard InChI is InChI=1S/C20H25ClN2O3S/c1-3-16(2)22-20(24)15-23(14-13-17-7-5-4-6-8-17)27(25,26)19-11-9-18(21)10-12-19/h4-12,16H,3,13-15H2,1-2H3,(H,22,24). The molecule has 1 N–H and O–H groups in total. The van der Waals surface area contributed by atoms with Crippen LogP contribution in [0.2, 0.25) is 5.02 Å². The van der Waals surface area contributed by atoms with Gasteiger partial charge in [-0.3, -0.25) is 4.79 Å². The van der Waals surface area contributed by atoms with E-state index < -0.39 is 10.0 Å². The van der Waals surface area contributed by atoms with E-state index in [1.807, 2.05) is 44.2 Å². The van der Waals surface area contributed by atoms with Crippen molar-refractivity contribution in [1.29, 1.82) is 0 Å². The number of hydrogen-bond acceptors (Lipinski definition) is 3. The molecule has 0 heterocycles. The number of sulfonamides is 1. The molecular weight excluding hydrogens is 384 g/mol. The number of nitrogens with one attached hydrogen (secondary N) is 1. The van der Waals surface area contributed by atoms with E-state index in [0.29, 0.717) is 11.4 Å². The van der Waals surface area contributed by atoms with Crippen LogP contribution in [0.1, 0.15) is 25.8 Å². The van der Waals surface area contributed by atoms with Crippen molar-refractivity contribution in [3.05, 3.63) is 65.2 Å². The number of benzene rings is 2. The van der Waals surface area contributed by atoms with Crippen molar-refractivity contribution in [2.24, 2.45) is 0 Å². The molecule has 5 nitrogen and oxygen atoms in total. The van der Waals surface area contributed by atoms with Gasteiger partial charge in [0, 0.05) is 17.6 Å². The fourth-order valence-electron chi connectivity index (χ4n) is 2.52. The lowest BCUT2D eigenvalue weighted by Gasteiger charge is -2.23. The smallest absolute Gasteiger partial charge is 0.243 e. The zero-order valence-electron chi connectivity index (χ0n) is 15.6. The lowest BCUT2D eigenvalue weighted by Crippen LogP contribution is -2.44. The molecule has 0 aromatic heterocycles. The minimum atomic E-state index is -3.81. The zero-order chi connectivity index (χ0) is 19.9. The number of hydrogen-bond donors (Lipinski definition) is 1. The Balaban J connectivity index is 2.21. The quantitative estimate of drug-likeness (QED) is 0.690. The van der Waals surface area contributed by atoms with Crippen LogP contribution in [0.5, 0.6) is 0 Å². The largest absolute Gasteiger partial charge is 0.353 e. The van der Waals surface area contributed by atoms with E-state index in [1.54, 1.807) is 0 Å². The van der Waals surface area contributed by atoms with E-state index in [1.165, 1.54) is 28.6 Å².